The second kappa shape index (κ2) is 12.8. The summed E-state index contributed by atoms with van der Waals surface area (Å²) in [6, 6.07) is 17.1. The van der Waals surface area contributed by atoms with E-state index >= 15 is 0 Å². The first-order chi connectivity index (χ1) is 18.1. The molecule has 0 spiro atoms. The van der Waals surface area contributed by atoms with Crippen LogP contribution in [0.4, 0.5) is 0 Å². The van der Waals surface area contributed by atoms with Crippen molar-refractivity contribution in [1.29, 1.82) is 0 Å². The van der Waals surface area contributed by atoms with Gasteiger partial charge in [0, 0.05) is 4.88 Å². The van der Waals surface area contributed by atoms with Crippen molar-refractivity contribution in [3.63, 3.8) is 0 Å². The number of fused-ring (bicyclic) bond motifs is 1. The number of carbonyl (C=O) groups is 1. The minimum atomic E-state index is -0.433. The largest absolute Gasteiger partial charge is 0.493 e. The molecule has 0 fully saturated rings. The minimum Gasteiger partial charge on any atom is -0.493 e. The molecule has 9 heteroatoms. The zero-order valence-electron chi connectivity index (χ0n) is 21.0. The van der Waals surface area contributed by atoms with Crippen LogP contribution in [0.3, 0.4) is 0 Å². The molecule has 4 aromatic rings. The van der Waals surface area contributed by atoms with Gasteiger partial charge >= 0.3 is 0 Å². The summed E-state index contributed by atoms with van der Waals surface area (Å²) in [6.45, 7) is 2.62. The van der Waals surface area contributed by atoms with Crippen LogP contribution in [0, 0.1) is 0 Å². The molecule has 4 rings (SSSR count). The van der Waals surface area contributed by atoms with Crippen molar-refractivity contribution in [2.45, 2.75) is 39.2 Å². The number of carbonyl (C=O) groups excluding carboxylic acids is 1. The number of hydrogen-bond donors (Lipinski definition) is 1. The summed E-state index contributed by atoms with van der Waals surface area (Å²) in [4.78, 5) is 31.3. The molecule has 2 aromatic heterocycles. The van der Waals surface area contributed by atoms with Gasteiger partial charge in [-0.1, -0.05) is 56.5 Å². The smallest absolute Gasteiger partial charge is 0.262 e. The zero-order chi connectivity index (χ0) is 26.0. The van der Waals surface area contributed by atoms with Crippen LogP contribution in [0.15, 0.2) is 70.8 Å². The fourth-order valence-corrected chi connectivity index (χ4v) is 4.78. The first-order valence-electron chi connectivity index (χ1n) is 12.3. The number of unbranched alkanes of at least 4 members (excludes halogenated alkanes) is 3. The van der Waals surface area contributed by atoms with Crippen molar-refractivity contribution in [2.75, 3.05) is 13.7 Å². The van der Waals surface area contributed by atoms with Crippen LogP contribution in [0.25, 0.3) is 20.7 Å². The number of methoxy groups -OCH3 is 1. The van der Waals surface area contributed by atoms with Gasteiger partial charge in [-0.05, 0) is 41.8 Å². The third-order valence-electron chi connectivity index (χ3n) is 5.74. The highest BCUT2D eigenvalue weighted by atomic mass is 32.1. The molecular weight excluding hydrogens is 488 g/mol. The molecule has 2 aromatic carbocycles. The number of hydrazone groups is 1. The first-order valence-corrected chi connectivity index (χ1v) is 13.1. The van der Waals surface area contributed by atoms with E-state index in [-0.39, 0.29) is 12.1 Å². The maximum atomic E-state index is 12.9. The van der Waals surface area contributed by atoms with Gasteiger partial charge < -0.3 is 9.47 Å². The lowest BCUT2D eigenvalue weighted by molar-refractivity contribution is -0.121. The predicted molar refractivity (Wildman–Crippen MR) is 148 cm³/mol. The molecule has 8 nitrogen and oxygen atoms in total. The fraction of sp³-hybridized carbons (Fsp3) is 0.286. The number of benzene rings is 2. The van der Waals surface area contributed by atoms with Gasteiger partial charge in [-0.25, -0.2) is 10.4 Å². The van der Waals surface area contributed by atoms with E-state index in [1.54, 1.807) is 13.2 Å². The molecule has 0 bridgehead atoms. The number of rotatable bonds is 12. The molecule has 1 amide bonds. The van der Waals surface area contributed by atoms with Gasteiger partial charge in [0.2, 0.25) is 0 Å². The number of thiophene rings is 1. The Labute approximate surface area is 219 Å². The van der Waals surface area contributed by atoms with Gasteiger partial charge in [-0.3, -0.25) is 14.2 Å². The Hall–Kier alpha value is -3.98. The van der Waals surface area contributed by atoms with E-state index < -0.39 is 5.91 Å². The summed E-state index contributed by atoms with van der Waals surface area (Å²) >= 11 is 1.45. The van der Waals surface area contributed by atoms with Crippen LogP contribution in [-0.2, 0) is 11.3 Å². The molecule has 0 radical (unpaired) electrons. The van der Waals surface area contributed by atoms with E-state index in [0.29, 0.717) is 28.3 Å². The van der Waals surface area contributed by atoms with Crippen LogP contribution < -0.4 is 20.5 Å². The molecule has 37 heavy (non-hydrogen) atoms. The molecule has 0 saturated heterocycles. The van der Waals surface area contributed by atoms with Gasteiger partial charge in [-0.15, -0.1) is 11.3 Å². The average molecular weight is 519 g/mol. The number of ether oxygens (including phenoxy) is 2. The summed E-state index contributed by atoms with van der Waals surface area (Å²) in [7, 11) is 1.58. The SMILES string of the molecule is CCCCCCOc1ccc(/C=N/NC(=O)Cn2cnc3sc(-c4ccccc4)cc3c2=O)cc1OC. The van der Waals surface area contributed by atoms with Crippen molar-refractivity contribution in [1.82, 2.24) is 15.0 Å². The second-order valence-corrected chi connectivity index (χ2v) is 9.52. The summed E-state index contributed by atoms with van der Waals surface area (Å²) in [5, 5.41) is 4.51. The van der Waals surface area contributed by atoms with Crippen molar-refractivity contribution in [3.8, 4) is 21.9 Å². The van der Waals surface area contributed by atoms with E-state index in [0.717, 1.165) is 28.8 Å². The molecule has 0 aliphatic carbocycles. The van der Waals surface area contributed by atoms with Crippen molar-refractivity contribution < 1.29 is 14.3 Å². The summed E-state index contributed by atoms with van der Waals surface area (Å²) < 4.78 is 12.5. The van der Waals surface area contributed by atoms with Crippen molar-refractivity contribution in [2.24, 2.45) is 5.10 Å². The Kier molecular flexibility index (Phi) is 9.04. The number of amides is 1. The van der Waals surface area contributed by atoms with Gasteiger partial charge in [-0.2, -0.15) is 5.10 Å². The Morgan fingerprint density at radius 3 is 2.73 bits per heavy atom. The first kappa shape index (κ1) is 26.1. The van der Waals surface area contributed by atoms with Crippen LogP contribution in [0.5, 0.6) is 11.5 Å². The summed E-state index contributed by atoms with van der Waals surface area (Å²) in [5.74, 6) is 0.839. The lowest BCUT2D eigenvalue weighted by Crippen LogP contribution is -2.29. The van der Waals surface area contributed by atoms with Crippen LogP contribution in [0.1, 0.15) is 38.2 Å². The number of aromatic nitrogens is 2. The molecule has 0 saturated carbocycles. The minimum absolute atomic E-state index is 0.191. The maximum Gasteiger partial charge on any atom is 0.262 e. The zero-order valence-corrected chi connectivity index (χ0v) is 21.8. The van der Waals surface area contributed by atoms with E-state index in [1.165, 1.54) is 41.3 Å². The highest BCUT2D eigenvalue weighted by Gasteiger charge is 2.12. The third-order valence-corrected chi connectivity index (χ3v) is 6.83. The second-order valence-electron chi connectivity index (χ2n) is 8.49. The van der Waals surface area contributed by atoms with Gasteiger partial charge in [0.1, 0.15) is 11.4 Å². The molecule has 0 aliphatic heterocycles. The molecule has 0 unspecified atom stereocenters. The number of nitrogens with zero attached hydrogens (tertiary/aromatic N) is 3. The van der Waals surface area contributed by atoms with Gasteiger partial charge in [0.25, 0.3) is 11.5 Å². The molecule has 2 heterocycles. The predicted octanol–water partition coefficient (Wildman–Crippen LogP) is 5.24. The molecule has 0 aliphatic rings. The lowest BCUT2D eigenvalue weighted by atomic mass is 10.2. The molecule has 0 atom stereocenters. The van der Waals surface area contributed by atoms with E-state index in [4.69, 9.17) is 9.47 Å². The van der Waals surface area contributed by atoms with Crippen molar-refractivity contribution >= 4 is 33.7 Å². The average Bonchev–Trinajstić information content (AvgIpc) is 3.36. The Morgan fingerprint density at radius 2 is 1.95 bits per heavy atom. The number of hydrogen-bond acceptors (Lipinski definition) is 7. The normalized spacial score (nSPS) is 11.2. The molecule has 192 valence electrons. The summed E-state index contributed by atoms with van der Waals surface area (Å²) in [5.41, 5.74) is 3.96. The highest BCUT2D eigenvalue weighted by molar-refractivity contribution is 7.21. The van der Waals surface area contributed by atoms with Gasteiger partial charge in [0.05, 0.1) is 31.6 Å². The van der Waals surface area contributed by atoms with Crippen LogP contribution >= 0.6 is 11.3 Å². The van der Waals surface area contributed by atoms with Crippen LogP contribution in [0.2, 0.25) is 0 Å². The molecule has 1 N–H and O–H groups in total. The topological polar surface area (TPSA) is 94.8 Å². The van der Waals surface area contributed by atoms with Gasteiger partial charge in [0.15, 0.2) is 11.5 Å². The Morgan fingerprint density at radius 1 is 1.11 bits per heavy atom. The summed E-state index contributed by atoms with van der Waals surface area (Å²) in [6.07, 6.45) is 7.43. The molecular formula is C28H30N4O4S. The van der Waals surface area contributed by atoms with E-state index in [1.807, 2.05) is 48.5 Å². The third kappa shape index (κ3) is 6.83. The fourth-order valence-electron chi connectivity index (χ4n) is 3.78. The number of nitrogens with one attached hydrogen (secondary N) is 1. The van der Waals surface area contributed by atoms with Crippen molar-refractivity contribution in [3.05, 3.63) is 76.8 Å². The standard InChI is InChI=1S/C28H30N4O4S/c1-3-4-5-9-14-36-23-13-12-20(15-24(23)35-2)17-30-31-26(33)18-32-19-29-27-22(28(32)34)16-25(37-27)21-10-7-6-8-11-21/h6-8,10-13,15-17,19H,3-5,9,14,18H2,1-2H3,(H,31,33)/b30-17+. The van der Waals surface area contributed by atoms with Crippen LogP contribution in [-0.4, -0.2) is 35.4 Å². The lowest BCUT2D eigenvalue weighted by Gasteiger charge is -2.11. The highest BCUT2D eigenvalue weighted by Crippen LogP contribution is 2.30. The Bertz CT molecular complexity index is 1430. The Balaban J connectivity index is 1.36. The quantitative estimate of drug-likeness (QED) is 0.157. The van der Waals surface area contributed by atoms with E-state index in [9.17, 15) is 9.59 Å². The van der Waals surface area contributed by atoms with E-state index in [2.05, 4.69) is 22.4 Å². The monoisotopic (exact) mass is 518 g/mol. The maximum absolute atomic E-state index is 12.9.